The molecule has 2 aliphatic rings. The molecule has 4 heteroatoms. The number of aryl methyl sites for hydroxylation is 1. The van der Waals surface area contributed by atoms with E-state index in [1.807, 2.05) is 13.0 Å². The molecule has 1 spiro atoms. The van der Waals surface area contributed by atoms with Crippen LogP contribution in [0.25, 0.3) is 0 Å². The van der Waals surface area contributed by atoms with Gasteiger partial charge in [-0.1, -0.05) is 0 Å². The zero-order chi connectivity index (χ0) is 12.6. The van der Waals surface area contributed by atoms with Crippen molar-refractivity contribution in [3.8, 4) is 0 Å². The van der Waals surface area contributed by atoms with E-state index in [1.54, 1.807) is 6.26 Å². The molecule has 2 unspecified atom stereocenters. The van der Waals surface area contributed by atoms with Gasteiger partial charge in [-0.25, -0.2) is 0 Å². The summed E-state index contributed by atoms with van der Waals surface area (Å²) in [5.41, 5.74) is 4.34. The van der Waals surface area contributed by atoms with Crippen LogP contribution in [0.15, 0.2) is 16.7 Å². The van der Waals surface area contributed by atoms with Crippen molar-refractivity contribution in [2.75, 3.05) is 6.61 Å². The molecule has 1 aliphatic carbocycles. The van der Waals surface area contributed by atoms with Crippen molar-refractivity contribution >= 4 is 0 Å². The van der Waals surface area contributed by atoms with Gasteiger partial charge in [0.1, 0.15) is 5.76 Å². The summed E-state index contributed by atoms with van der Waals surface area (Å²) >= 11 is 0. The van der Waals surface area contributed by atoms with Gasteiger partial charge in [0.05, 0.1) is 17.9 Å². The predicted molar refractivity (Wildman–Crippen MR) is 68.8 cm³/mol. The Kier molecular flexibility index (Phi) is 3.18. The number of hydrogen-bond acceptors (Lipinski definition) is 4. The first-order chi connectivity index (χ1) is 8.74. The first-order valence-electron chi connectivity index (χ1n) is 6.88. The number of furan rings is 1. The minimum absolute atomic E-state index is 0.162. The van der Waals surface area contributed by atoms with E-state index in [1.165, 1.54) is 24.8 Å². The zero-order valence-electron chi connectivity index (χ0n) is 10.9. The Labute approximate surface area is 108 Å². The van der Waals surface area contributed by atoms with E-state index < -0.39 is 0 Å². The van der Waals surface area contributed by atoms with Crippen LogP contribution in [0.1, 0.15) is 49.5 Å². The van der Waals surface area contributed by atoms with Crippen LogP contribution in [0.4, 0.5) is 0 Å². The highest BCUT2D eigenvalue weighted by molar-refractivity contribution is 5.21. The first-order valence-corrected chi connectivity index (χ1v) is 6.88. The second kappa shape index (κ2) is 4.68. The van der Waals surface area contributed by atoms with Gasteiger partial charge in [-0.15, -0.1) is 0 Å². The number of rotatable bonds is 3. The Morgan fingerprint density at radius 1 is 1.50 bits per heavy atom. The lowest BCUT2D eigenvalue weighted by Crippen LogP contribution is -2.48. The van der Waals surface area contributed by atoms with Gasteiger partial charge in [0.15, 0.2) is 0 Å². The Morgan fingerprint density at radius 3 is 2.89 bits per heavy atom. The highest BCUT2D eigenvalue weighted by Crippen LogP contribution is 2.47. The smallest absolute Gasteiger partial charge is 0.105 e. The largest absolute Gasteiger partial charge is 0.469 e. The maximum atomic E-state index is 5.98. The van der Waals surface area contributed by atoms with E-state index >= 15 is 0 Å². The molecule has 1 aromatic heterocycles. The second-order valence-corrected chi connectivity index (χ2v) is 5.71. The predicted octanol–water partition coefficient (Wildman–Crippen LogP) is 2.44. The molecule has 0 amide bonds. The Hall–Kier alpha value is -0.840. The van der Waals surface area contributed by atoms with E-state index in [9.17, 15) is 0 Å². The molecule has 3 N–H and O–H groups in total. The molecule has 2 fully saturated rings. The summed E-state index contributed by atoms with van der Waals surface area (Å²) in [4.78, 5) is 0. The fraction of sp³-hybridized carbons (Fsp3) is 0.714. The number of ether oxygens (including phenoxy) is 1. The van der Waals surface area contributed by atoms with Crippen molar-refractivity contribution in [2.24, 2.45) is 11.8 Å². The fourth-order valence-corrected chi connectivity index (χ4v) is 3.47. The Morgan fingerprint density at radius 2 is 2.33 bits per heavy atom. The lowest BCUT2D eigenvalue weighted by molar-refractivity contribution is -0.147. The lowest BCUT2D eigenvalue weighted by Gasteiger charge is -2.48. The summed E-state index contributed by atoms with van der Waals surface area (Å²) < 4.78 is 11.4. The van der Waals surface area contributed by atoms with Gasteiger partial charge >= 0.3 is 0 Å². The quantitative estimate of drug-likeness (QED) is 0.639. The molecule has 18 heavy (non-hydrogen) atoms. The molecule has 1 saturated heterocycles. The molecule has 1 saturated carbocycles. The molecule has 1 aromatic rings. The van der Waals surface area contributed by atoms with Crippen molar-refractivity contribution in [2.45, 2.75) is 50.7 Å². The summed E-state index contributed by atoms with van der Waals surface area (Å²) in [6.07, 6.45) is 7.66. The monoisotopic (exact) mass is 250 g/mol. The van der Waals surface area contributed by atoms with Gasteiger partial charge in [0, 0.05) is 12.2 Å². The van der Waals surface area contributed by atoms with Gasteiger partial charge in [-0.2, -0.15) is 0 Å². The number of nitrogens with two attached hydrogens (primary N) is 1. The van der Waals surface area contributed by atoms with E-state index in [0.717, 1.165) is 25.2 Å². The van der Waals surface area contributed by atoms with Crippen molar-refractivity contribution in [3.63, 3.8) is 0 Å². The van der Waals surface area contributed by atoms with Crippen molar-refractivity contribution in [1.29, 1.82) is 0 Å². The molecular formula is C14H22N2O2. The van der Waals surface area contributed by atoms with Crippen molar-refractivity contribution < 1.29 is 9.15 Å². The summed E-state index contributed by atoms with van der Waals surface area (Å²) in [7, 11) is 0. The van der Waals surface area contributed by atoms with Crippen LogP contribution in [0, 0.1) is 12.8 Å². The van der Waals surface area contributed by atoms with E-state index in [4.69, 9.17) is 15.0 Å². The van der Waals surface area contributed by atoms with Gasteiger partial charge in [0.25, 0.3) is 0 Å². The summed E-state index contributed by atoms with van der Waals surface area (Å²) in [5.74, 6) is 7.29. The van der Waals surface area contributed by atoms with Gasteiger partial charge in [-0.3, -0.25) is 11.3 Å². The third-order valence-electron chi connectivity index (χ3n) is 4.68. The second-order valence-electron chi connectivity index (χ2n) is 5.71. The number of nitrogens with one attached hydrogen (secondary N) is 1. The van der Waals surface area contributed by atoms with Gasteiger partial charge in [0.2, 0.25) is 0 Å². The topological polar surface area (TPSA) is 60.4 Å². The first kappa shape index (κ1) is 12.2. The van der Waals surface area contributed by atoms with Crippen LogP contribution < -0.4 is 11.3 Å². The zero-order valence-corrected chi connectivity index (χ0v) is 10.9. The maximum absolute atomic E-state index is 5.98. The maximum Gasteiger partial charge on any atom is 0.105 e. The Bertz CT molecular complexity index is 412. The number of hydrogen-bond donors (Lipinski definition) is 2. The molecule has 0 bridgehead atoms. The molecule has 3 rings (SSSR count). The molecule has 0 radical (unpaired) electrons. The van der Waals surface area contributed by atoms with Crippen LogP contribution in [-0.2, 0) is 4.74 Å². The number of hydrazine groups is 1. The van der Waals surface area contributed by atoms with Crippen LogP contribution in [0.5, 0.6) is 0 Å². The third kappa shape index (κ3) is 1.98. The van der Waals surface area contributed by atoms with E-state index in [-0.39, 0.29) is 11.6 Å². The van der Waals surface area contributed by atoms with Crippen LogP contribution in [-0.4, -0.2) is 12.2 Å². The van der Waals surface area contributed by atoms with E-state index in [2.05, 4.69) is 5.43 Å². The fourth-order valence-electron chi connectivity index (χ4n) is 3.47. The molecule has 100 valence electrons. The Balaban J connectivity index is 1.77. The summed E-state index contributed by atoms with van der Waals surface area (Å²) in [5, 5.41) is 0. The molecule has 0 aromatic carbocycles. The summed E-state index contributed by atoms with van der Waals surface area (Å²) in [6.45, 7) is 2.86. The molecule has 4 nitrogen and oxygen atoms in total. The van der Waals surface area contributed by atoms with Crippen LogP contribution in [0.3, 0.4) is 0 Å². The highest BCUT2D eigenvalue weighted by atomic mass is 16.5. The average Bonchev–Trinajstić information content (AvgIpc) is 2.75. The normalized spacial score (nSPS) is 28.0. The highest BCUT2D eigenvalue weighted by Gasteiger charge is 2.44. The third-order valence-corrected chi connectivity index (χ3v) is 4.68. The van der Waals surface area contributed by atoms with Crippen molar-refractivity contribution in [1.82, 2.24) is 5.43 Å². The van der Waals surface area contributed by atoms with Crippen LogP contribution >= 0.6 is 0 Å². The SMILES string of the molecule is Cc1occc1C(NN)C1CCOC2(CCC2)C1. The summed E-state index contributed by atoms with van der Waals surface area (Å²) in [6, 6.07) is 2.22. The minimum Gasteiger partial charge on any atom is -0.469 e. The lowest BCUT2D eigenvalue weighted by atomic mass is 9.70. The molecular weight excluding hydrogens is 228 g/mol. The van der Waals surface area contributed by atoms with Gasteiger partial charge in [-0.05, 0) is 51.0 Å². The van der Waals surface area contributed by atoms with Crippen LogP contribution in [0.2, 0.25) is 0 Å². The van der Waals surface area contributed by atoms with E-state index in [0.29, 0.717) is 5.92 Å². The average molecular weight is 250 g/mol. The van der Waals surface area contributed by atoms with Crippen molar-refractivity contribution in [3.05, 3.63) is 23.7 Å². The molecule has 2 atom stereocenters. The minimum atomic E-state index is 0.162. The standard InChI is InChI=1S/C14H22N2O2/c1-10-12(4-7-17-10)13(16-15)11-3-8-18-14(9-11)5-2-6-14/h4,7,11,13,16H,2-3,5-6,8-9,15H2,1H3. The molecule has 2 heterocycles. The van der Waals surface area contributed by atoms with Gasteiger partial charge < -0.3 is 9.15 Å². The molecule has 1 aliphatic heterocycles.